The molecule has 2 aliphatic rings. The summed E-state index contributed by atoms with van der Waals surface area (Å²) in [6.07, 6.45) is 3.76. The van der Waals surface area contributed by atoms with E-state index >= 15 is 0 Å². The van der Waals surface area contributed by atoms with E-state index in [4.69, 9.17) is 0 Å². The van der Waals surface area contributed by atoms with Gasteiger partial charge in [-0.15, -0.1) is 0 Å². The third-order valence-electron chi connectivity index (χ3n) is 4.48. The molecule has 1 aromatic carbocycles. The number of aromatic nitrogens is 1. The Balaban J connectivity index is 2.04. The molecule has 0 saturated heterocycles. The summed E-state index contributed by atoms with van der Waals surface area (Å²) in [6, 6.07) is 8.80. The molecule has 19 heavy (non-hydrogen) atoms. The van der Waals surface area contributed by atoms with Crippen LogP contribution in [0.3, 0.4) is 0 Å². The molecule has 0 radical (unpaired) electrons. The molecule has 0 aliphatic carbocycles. The molecule has 2 aromatic rings. The van der Waals surface area contributed by atoms with Crippen LogP contribution in [-0.2, 0) is 13.0 Å². The van der Waals surface area contributed by atoms with Crippen LogP contribution in [0, 0.1) is 0 Å². The van der Waals surface area contributed by atoms with Crippen molar-refractivity contribution < 1.29 is 0 Å². The van der Waals surface area contributed by atoms with E-state index < -0.39 is 0 Å². The van der Waals surface area contributed by atoms with Crippen molar-refractivity contribution in [3.8, 4) is 0 Å². The topological polar surface area (TPSA) is 20.2 Å². The Bertz CT molecular complexity index is 648. The first kappa shape index (κ1) is 11.0. The molecular weight excluding hydrogens is 234 g/mol. The average Bonchev–Trinajstić information content (AvgIpc) is 2.97. The average molecular weight is 253 g/mol. The minimum Gasteiger partial charge on any atom is -0.370 e. The maximum absolute atomic E-state index is 3.45. The highest BCUT2D eigenvalue weighted by Crippen LogP contribution is 2.38. The molecule has 3 heteroatoms. The molecule has 98 valence electrons. The third-order valence-corrected chi connectivity index (χ3v) is 4.48. The first-order valence-electron chi connectivity index (χ1n) is 7.14. The van der Waals surface area contributed by atoms with E-state index in [1.807, 2.05) is 0 Å². The maximum atomic E-state index is 3.45. The van der Waals surface area contributed by atoms with Gasteiger partial charge in [0.25, 0.3) is 0 Å². The second-order valence-electron chi connectivity index (χ2n) is 5.40. The minimum atomic E-state index is 0.423. The van der Waals surface area contributed by atoms with Gasteiger partial charge in [-0.2, -0.15) is 0 Å². The third kappa shape index (κ3) is 1.33. The predicted octanol–water partition coefficient (Wildman–Crippen LogP) is 2.77. The van der Waals surface area contributed by atoms with E-state index in [0.29, 0.717) is 6.17 Å². The molecule has 0 bridgehead atoms. The van der Waals surface area contributed by atoms with Crippen molar-refractivity contribution in [3.05, 3.63) is 41.7 Å². The number of hydrogen-bond acceptors (Lipinski definition) is 2. The molecule has 1 unspecified atom stereocenters. The number of fused-ring (bicyclic) bond motifs is 5. The smallest absolute Gasteiger partial charge is 0.0958 e. The molecular formula is C16H19N3. The van der Waals surface area contributed by atoms with Gasteiger partial charge in [0.15, 0.2) is 0 Å². The SMILES string of the molecule is CCn1c2c(c3ccccc31)CCN1C2=CNC1C. The monoisotopic (exact) mass is 253 g/mol. The van der Waals surface area contributed by atoms with Crippen molar-refractivity contribution in [2.45, 2.75) is 33.0 Å². The second-order valence-corrected chi connectivity index (χ2v) is 5.40. The highest BCUT2D eigenvalue weighted by atomic mass is 15.3. The summed E-state index contributed by atoms with van der Waals surface area (Å²) in [5.41, 5.74) is 5.69. The molecule has 3 nitrogen and oxygen atoms in total. The van der Waals surface area contributed by atoms with Gasteiger partial charge in [-0.3, -0.25) is 0 Å². The van der Waals surface area contributed by atoms with Gasteiger partial charge >= 0.3 is 0 Å². The number of aryl methyl sites for hydroxylation is 1. The summed E-state index contributed by atoms with van der Waals surface area (Å²) >= 11 is 0. The van der Waals surface area contributed by atoms with Gasteiger partial charge in [-0.05, 0) is 31.9 Å². The summed E-state index contributed by atoms with van der Waals surface area (Å²) in [5.74, 6) is 0. The molecule has 2 aliphatic heterocycles. The molecule has 0 spiro atoms. The van der Waals surface area contributed by atoms with Crippen molar-refractivity contribution in [1.29, 1.82) is 0 Å². The molecule has 1 aromatic heterocycles. The molecule has 0 fully saturated rings. The zero-order valence-electron chi connectivity index (χ0n) is 11.5. The summed E-state index contributed by atoms with van der Waals surface area (Å²) in [7, 11) is 0. The van der Waals surface area contributed by atoms with Crippen molar-refractivity contribution in [3.63, 3.8) is 0 Å². The lowest BCUT2D eigenvalue weighted by atomic mass is 10.0. The summed E-state index contributed by atoms with van der Waals surface area (Å²) in [4.78, 5) is 2.48. The zero-order chi connectivity index (χ0) is 13.0. The van der Waals surface area contributed by atoms with Crippen molar-refractivity contribution in [2.75, 3.05) is 6.54 Å². The highest BCUT2D eigenvalue weighted by Gasteiger charge is 2.32. The summed E-state index contributed by atoms with van der Waals surface area (Å²) < 4.78 is 2.46. The number of rotatable bonds is 1. The van der Waals surface area contributed by atoms with Gasteiger partial charge in [0, 0.05) is 30.2 Å². The van der Waals surface area contributed by atoms with Crippen LogP contribution in [0.5, 0.6) is 0 Å². The quantitative estimate of drug-likeness (QED) is 0.843. The van der Waals surface area contributed by atoms with Crippen LogP contribution in [0.15, 0.2) is 30.5 Å². The Kier molecular flexibility index (Phi) is 2.19. The number of hydrogen-bond donors (Lipinski definition) is 1. The van der Waals surface area contributed by atoms with E-state index in [2.05, 4.69) is 59.1 Å². The Morgan fingerprint density at radius 1 is 1.32 bits per heavy atom. The van der Waals surface area contributed by atoms with E-state index in [1.165, 1.54) is 27.9 Å². The summed E-state index contributed by atoms with van der Waals surface area (Å²) in [5, 5.41) is 4.88. The second kappa shape index (κ2) is 3.80. The van der Waals surface area contributed by atoms with E-state index in [0.717, 1.165) is 19.5 Å². The van der Waals surface area contributed by atoms with Crippen LogP contribution < -0.4 is 5.32 Å². The van der Waals surface area contributed by atoms with Gasteiger partial charge in [0.05, 0.1) is 17.6 Å². The standard InChI is InChI=1S/C16H19N3/c1-3-18-14-7-5-4-6-12(14)13-8-9-19-11(2)17-10-15(19)16(13)18/h4-7,10-11,17H,3,8-9H2,1-2H3. The van der Waals surface area contributed by atoms with E-state index in [1.54, 1.807) is 0 Å². The van der Waals surface area contributed by atoms with Crippen LogP contribution in [-0.4, -0.2) is 22.2 Å². The maximum Gasteiger partial charge on any atom is 0.0958 e. The van der Waals surface area contributed by atoms with Gasteiger partial charge in [-0.1, -0.05) is 18.2 Å². The lowest BCUT2D eigenvalue weighted by Crippen LogP contribution is -2.37. The number of nitrogens with zero attached hydrogens (tertiary/aromatic N) is 2. The molecule has 0 saturated carbocycles. The fourth-order valence-electron chi connectivity index (χ4n) is 3.58. The number of benzene rings is 1. The lowest BCUT2D eigenvalue weighted by molar-refractivity contribution is 0.307. The zero-order valence-corrected chi connectivity index (χ0v) is 11.5. The largest absolute Gasteiger partial charge is 0.370 e. The Morgan fingerprint density at radius 3 is 3.00 bits per heavy atom. The van der Waals surface area contributed by atoms with Crippen LogP contribution in [0.25, 0.3) is 16.6 Å². The minimum absolute atomic E-state index is 0.423. The number of para-hydroxylation sites is 1. The van der Waals surface area contributed by atoms with E-state index in [-0.39, 0.29) is 0 Å². The first-order chi connectivity index (χ1) is 9.31. The molecule has 3 heterocycles. The van der Waals surface area contributed by atoms with Gasteiger partial charge in [-0.25, -0.2) is 0 Å². The molecule has 1 N–H and O–H groups in total. The Morgan fingerprint density at radius 2 is 2.16 bits per heavy atom. The lowest BCUT2D eigenvalue weighted by Gasteiger charge is -2.31. The van der Waals surface area contributed by atoms with Crippen LogP contribution >= 0.6 is 0 Å². The normalized spacial score (nSPS) is 21.1. The number of nitrogens with one attached hydrogen (secondary N) is 1. The van der Waals surface area contributed by atoms with Crippen LogP contribution in [0.2, 0.25) is 0 Å². The highest BCUT2D eigenvalue weighted by molar-refractivity contribution is 5.91. The first-order valence-corrected chi connectivity index (χ1v) is 7.14. The van der Waals surface area contributed by atoms with Gasteiger partial charge < -0.3 is 14.8 Å². The molecule has 0 amide bonds. The van der Waals surface area contributed by atoms with Gasteiger partial charge in [0.2, 0.25) is 0 Å². The van der Waals surface area contributed by atoms with Gasteiger partial charge in [0.1, 0.15) is 0 Å². The fraction of sp³-hybridized carbons (Fsp3) is 0.375. The molecule has 4 rings (SSSR count). The van der Waals surface area contributed by atoms with E-state index in [9.17, 15) is 0 Å². The predicted molar refractivity (Wildman–Crippen MR) is 78.6 cm³/mol. The Labute approximate surface area is 113 Å². The van der Waals surface area contributed by atoms with Crippen molar-refractivity contribution in [2.24, 2.45) is 0 Å². The van der Waals surface area contributed by atoms with Crippen molar-refractivity contribution >= 4 is 16.6 Å². The summed E-state index contributed by atoms with van der Waals surface area (Å²) in [6.45, 7) is 6.60. The fourth-order valence-corrected chi connectivity index (χ4v) is 3.58. The van der Waals surface area contributed by atoms with Crippen LogP contribution in [0.4, 0.5) is 0 Å². The molecule has 1 atom stereocenters. The van der Waals surface area contributed by atoms with Crippen molar-refractivity contribution in [1.82, 2.24) is 14.8 Å². The van der Waals surface area contributed by atoms with Crippen LogP contribution in [0.1, 0.15) is 25.1 Å². The Hall–Kier alpha value is -1.90.